The van der Waals surface area contributed by atoms with Gasteiger partial charge in [-0.1, -0.05) is 13.8 Å². The van der Waals surface area contributed by atoms with E-state index in [1.54, 1.807) is 0 Å². The van der Waals surface area contributed by atoms with E-state index < -0.39 is 30.0 Å². The molecule has 0 saturated heterocycles. The van der Waals surface area contributed by atoms with E-state index in [9.17, 15) is 14.4 Å². The summed E-state index contributed by atoms with van der Waals surface area (Å²) >= 11 is 0. The van der Waals surface area contributed by atoms with Crippen LogP contribution < -0.4 is 16.4 Å². The molecule has 20 heavy (non-hydrogen) atoms. The number of ether oxygens (including phenoxy) is 1. The van der Waals surface area contributed by atoms with Crippen LogP contribution in [-0.4, -0.2) is 43.0 Å². The van der Waals surface area contributed by atoms with Crippen LogP contribution in [0.15, 0.2) is 0 Å². The number of hydrogen-bond donors (Lipinski definition) is 3. The molecule has 116 valence electrons. The third-order valence-electron chi connectivity index (χ3n) is 2.73. The van der Waals surface area contributed by atoms with Crippen LogP contribution in [0.2, 0.25) is 0 Å². The second-order valence-corrected chi connectivity index (χ2v) is 5.22. The standard InChI is InChI=1S/C13H25N3O4/c1-7(2)6-10(14)12(18)15-8(3)11(17)16-9(4)13(19)20-5/h7-10H,6,14H2,1-5H3,(H,15,18)(H,16,17)/t8-,9-,10-/m0/s1. The Bertz CT molecular complexity index is 358. The average Bonchev–Trinajstić information content (AvgIpc) is 2.36. The lowest BCUT2D eigenvalue weighted by molar-refractivity contribution is -0.144. The molecule has 0 aromatic carbocycles. The van der Waals surface area contributed by atoms with Gasteiger partial charge in [-0.25, -0.2) is 4.79 Å². The highest BCUT2D eigenvalue weighted by molar-refractivity contribution is 5.91. The largest absolute Gasteiger partial charge is 0.467 e. The maximum atomic E-state index is 11.8. The normalized spacial score (nSPS) is 15.2. The fraction of sp³-hybridized carbons (Fsp3) is 0.769. The first-order chi connectivity index (χ1) is 9.18. The molecule has 0 aromatic rings. The Morgan fingerprint density at radius 2 is 1.50 bits per heavy atom. The number of esters is 1. The first kappa shape index (κ1) is 18.4. The van der Waals surface area contributed by atoms with Crippen LogP contribution >= 0.6 is 0 Å². The number of hydrogen-bond acceptors (Lipinski definition) is 5. The second kappa shape index (κ2) is 8.52. The van der Waals surface area contributed by atoms with E-state index in [1.165, 1.54) is 21.0 Å². The molecule has 0 aromatic heterocycles. The zero-order valence-electron chi connectivity index (χ0n) is 12.7. The fourth-order valence-corrected chi connectivity index (χ4v) is 1.57. The molecule has 0 rings (SSSR count). The van der Waals surface area contributed by atoms with Gasteiger partial charge in [-0.2, -0.15) is 0 Å². The van der Waals surface area contributed by atoms with Gasteiger partial charge in [0.05, 0.1) is 13.2 Å². The Kier molecular flexibility index (Phi) is 7.83. The van der Waals surface area contributed by atoms with Crippen LogP contribution in [0, 0.1) is 5.92 Å². The molecule has 4 N–H and O–H groups in total. The molecule has 7 heteroatoms. The van der Waals surface area contributed by atoms with E-state index in [0.29, 0.717) is 12.3 Å². The van der Waals surface area contributed by atoms with E-state index in [-0.39, 0.29) is 5.91 Å². The quantitative estimate of drug-likeness (QED) is 0.549. The highest BCUT2D eigenvalue weighted by Crippen LogP contribution is 2.02. The predicted octanol–water partition coefficient (Wildman–Crippen LogP) is -0.458. The number of rotatable bonds is 7. The van der Waals surface area contributed by atoms with Gasteiger partial charge in [0.1, 0.15) is 12.1 Å². The Hall–Kier alpha value is -1.63. The zero-order valence-corrected chi connectivity index (χ0v) is 12.7. The van der Waals surface area contributed by atoms with E-state index in [4.69, 9.17) is 5.73 Å². The third-order valence-corrected chi connectivity index (χ3v) is 2.73. The lowest BCUT2D eigenvalue weighted by atomic mass is 10.0. The summed E-state index contributed by atoms with van der Waals surface area (Å²) in [6, 6.07) is -2.19. The summed E-state index contributed by atoms with van der Waals surface area (Å²) in [6.07, 6.45) is 0.540. The summed E-state index contributed by atoms with van der Waals surface area (Å²) in [4.78, 5) is 34.7. The van der Waals surface area contributed by atoms with Gasteiger partial charge in [0.25, 0.3) is 0 Å². The smallest absolute Gasteiger partial charge is 0.328 e. The number of carbonyl (C=O) groups is 3. The van der Waals surface area contributed by atoms with Gasteiger partial charge in [0.15, 0.2) is 0 Å². The Balaban J connectivity index is 4.32. The van der Waals surface area contributed by atoms with Crippen LogP contribution in [-0.2, 0) is 19.1 Å². The van der Waals surface area contributed by atoms with Gasteiger partial charge in [-0.05, 0) is 26.2 Å². The molecule has 7 nitrogen and oxygen atoms in total. The molecule has 3 atom stereocenters. The molecule has 0 bridgehead atoms. The maximum absolute atomic E-state index is 11.8. The zero-order chi connectivity index (χ0) is 15.9. The van der Waals surface area contributed by atoms with Crippen LogP contribution in [0.4, 0.5) is 0 Å². The molecule has 0 aliphatic rings. The maximum Gasteiger partial charge on any atom is 0.328 e. The van der Waals surface area contributed by atoms with Crippen LogP contribution in [0.3, 0.4) is 0 Å². The third kappa shape index (κ3) is 6.51. The van der Waals surface area contributed by atoms with Crippen molar-refractivity contribution in [1.29, 1.82) is 0 Å². The lowest BCUT2D eigenvalue weighted by Crippen LogP contribution is -2.53. The van der Waals surface area contributed by atoms with Crippen molar-refractivity contribution in [3.05, 3.63) is 0 Å². The van der Waals surface area contributed by atoms with Crippen molar-refractivity contribution in [2.45, 2.75) is 52.2 Å². The van der Waals surface area contributed by atoms with E-state index in [1.807, 2.05) is 13.8 Å². The topological polar surface area (TPSA) is 111 Å². The summed E-state index contributed by atoms with van der Waals surface area (Å²) in [5.74, 6) is -1.10. The van der Waals surface area contributed by atoms with Gasteiger partial charge in [0, 0.05) is 0 Å². The van der Waals surface area contributed by atoms with Crippen molar-refractivity contribution in [2.24, 2.45) is 11.7 Å². The van der Waals surface area contributed by atoms with Crippen molar-refractivity contribution in [1.82, 2.24) is 10.6 Å². The number of nitrogens with two attached hydrogens (primary N) is 1. The molecule has 0 aliphatic carbocycles. The minimum absolute atomic E-state index is 0.291. The average molecular weight is 287 g/mol. The van der Waals surface area contributed by atoms with Crippen LogP contribution in [0.25, 0.3) is 0 Å². The summed E-state index contributed by atoms with van der Waals surface area (Å²) < 4.78 is 4.49. The highest BCUT2D eigenvalue weighted by atomic mass is 16.5. The van der Waals surface area contributed by atoms with Gasteiger partial charge < -0.3 is 21.1 Å². The molecule has 0 unspecified atom stereocenters. The Morgan fingerprint density at radius 1 is 1.00 bits per heavy atom. The van der Waals surface area contributed by atoms with Gasteiger partial charge in [0.2, 0.25) is 11.8 Å². The molecule has 0 saturated carbocycles. The van der Waals surface area contributed by atoms with Crippen LogP contribution in [0.1, 0.15) is 34.1 Å². The number of carbonyl (C=O) groups excluding carboxylic acids is 3. The molecular weight excluding hydrogens is 262 g/mol. The van der Waals surface area contributed by atoms with Crippen molar-refractivity contribution in [2.75, 3.05) is 7.11 Å². The highest BCUT2D eigenvalue weighted by Gasteiger charge is 2.23. The molecule has 0 spiro atoms. The summed E-state index contributed by atoms with van der Waals surface area (Å²) in [5.41, 5.74) is 5.72. The molecule has 0 aliphatic heterocycles. The number of nitrogens with one attached hydrogen (secondary N) is 2. The molecular formula is C13H25N3O4. The van der Waals surface area contributed by atoms with E-state index in [0.717, 1.165) is 0 Å². The Labute approximate surface area is 119 Å². The summed E-state index contributed by atoms with van der Waals surface area (Å²) in [5, 5.41) is 4.97. The monoisotopic (exact) mass is 287 g/mol. The summed E-state index contributed by atoms with van der Waals surface area (Å²) in [7, 11) is 1.24. The van der Waals surface area contributed by atoms with E-state index in [2.05, 4.69) is 15.4 Å². The molecule has 0 radical (unpaired) electrons. The predicted molar refractivity (Wildman–Crippen MR) is 74.7 cm³/mol. The van der Waals surface area contributed by atoms with Gasteiger partial charge >= 0.3 is 5.97 Å². The Morgan fingerprint density at radius 3 is 1.95 bits per heavy atom. The SMILES string of the molecule is COC(=O)[C@H](C)NC(=O)[C@H](C)NC(=O)[C@@H](N)CC(C)C. The number of methoxy groups -OCH3 is 1. The molecule has 0 heterocycles. The van der Waals surface area contributed by atoms with Crippen molar-refractivity contribution in [3.8, 4) is 0 Å². The van der Waals surface area contributed by atoms with Crippen molar-refractivity contribution < 1.29 is 19.1 Å². The minimum Gasteiger partial charge on any atom is -0.467 e. The van der Waals surface area contributed by atoms with Gasteiger partial charge in [-0.3, -0.25) is 9.59 Å². The molecule has 0 fully saturated rings. The fourth-order valence-electron chi connectivity index (χ4n) is 1.57. The molecule has 2 amide bonds. The van der Waals surface area contributed by atoms with Gasteiger partial charge in [-0.15, -0.1) is 0 Å². The number of amides is 2. The lowest BCUT2D eigenvalue weighted by Gasteiger charge is -2.19. The second-order valence-electron chi connectivity index (χ2n) is 5.22. The minimum atomic E-state index is -0.771. The van der Waals surface area contributed by atoms with Crippen molar-refractivity contribution in [3.63, 3.8) is 0 Å². The van der Waals surface area contributed by atoms with Crippen LogP contribution in [0.5, 0.6) is 0 Å². The van der Waals surface area contributed by atoms with E-state index >= 15 is 0 Å². The summed E-state index contributed by atoms with van der Waals surface area (Å²) in [6.45, 7) is 6.95. The first-order valence-electron chi connectivity index (χ1n) is 6.63. The van der Waals surface area contributed by atoms with Crippen molar-refractivity contribution >= 4 is 17.8 Å². The first-order valence-corrected chi connectivity index (χ1v) is 6.63.